The first-order valence-electron chi connectivity index (χ1n) is 9.02. The standard InChI is InChI=1S/C19H16N4O8/c1-2-30-16(24)10-21-18-14(8-13(22(26)27)9-15(18)23(28)29)17(19(21)25)20-31-11-12-6-4-3-5-7-12/h3-9H,2,10-11H2,1H3/b20-17+. The van der Waals surface area contributed by atoms with Crippen LogP contribution in [-0.4, -0.2) is 40.6 Å². The van der Waals surface area contributed by atoms with Gasteiger partial charge < -0.3 is 9.57 Å². The lowest BCUT2D eigenvalue weighted by Gasteiger charge is -2.15. The van der Waals surface area contributed by atoms with E-state index in [-0.39, 0.29) is 30.2 Å². The molecule has 3 rings (SSSR count). The van der Waals surface area contributed by atoms with Gasteiger partial charge in [-0.25, -0.2) is 0 Å². The zero-order valence-corrected chi connectivity index (χ0v) is 16.2. The zero-order chi connectivity index (χ0) is 22.5. The lowest BCUT2D eigenvalue weighted by molar-refractivity contribution is -0.393. The second kappa shape index (κ2) is 8.98. The van der Waals surface area contributed by atoms with Crippen molar-refractivity contribution in [2.24, 2.45) is 5.16 Å². The van der Waals surface area contributed by atoms with Crippen molar-refractivity contribution in [2.75, 3.05) is 18.1 Å². The van der Waals surface area contributed by atoms with Crippen LogP contribution in [-0.2, 0) is 25.8 Å². The number of nitro benzene ring substituents is 2. The number of fused-ring (bicyclic) bond motifs is 1. The van der Waals surface area contributed by atoms with Gasteiger partial charge in [0.1, 0.15) is 18.8 Å². The maximum atomic E-state index is 12.9. The Balaban J connectivity index is 2.06. The molecular weight excluding hydrogens is 412 g/mol. The Hall–Kier alpha value is -4.35. The lowest BCUT2D eigenvalue weighted by Crippen LogP contribution is -2.36. The highest BCUT2D eigenvalue weighted by Crippen LogP contribution is 2.41. The van der Waals surface area contributed by atoms with Crippen molar-refractivity contribution in [1.29, 1.82) is 0 Å². The third-order valence-corrected chi connectivity index (χ3v) is 4.28. The number of ether oxygens (including phenoxy) is 1. The van der Waals surface area contributed by atoms with Gasteiger partial charge in [-0.1, -0.05) is 35.5 Å². The molecule has 12 heteroatoms. The number of non-ortho nitro benzene ring substituents is 1. The Labute approximate surface area is 175 Å². The van der Waals surface area contributed by atoms with Crippen LogP contribution in [0.3, 0.4) is 0 Å². The van der Waals surface area contributed by atoms with Crippen LogP contribution in [0, 0.1) is 20.2 Å². The number of rotatable bonds is 8. The lowest BCUT2D eigenvalue weighted by atomic mass is 10.1. The van der Waals surface area contributed by atoms with Crippen molar-refractivity contribution in [3.8, 4) is 0 Å². The minimum atomic E-state index is -0.875. The number of oxime groups is 1. The molecule has 0 bridgehead atoms. The number of carbonyl (C=O) groups excluding carboxylic acids is 2. The van der Waals surface area contributed by atoms with Crippen LogP contribution in [0.5, 0.6) is 0 Å². The first-order valence-corrected chi connectivity index (χ1v) is 9.02. The molecule has 1 aliphatic rings. The van der Waals surface area contributed by atoms with Crippen molar-refractivity contribution in [3.05, 3.63) is 73.8 Å². The van der Waals surface area contributed by atoms with Crippen molar-refractivity contribution < 1.29 is 29.0 Å². The fourth-order valence-corrected chi connectivity index (χ4v) is 2.98. The molecule has 160 valence electrons. The predicted molar refractivity (Wildman–Crippen MR) is 107 cm³/mol. The summed E-state index contributed by atoms with van der Waals surface area (Å²) < 4.78 is 4.82. The minimum absolute atomic E-state index is 0.0121. The molecule has 0 unspecified atom stereocenters. The molecule has 2 aromatic rings. The molecule has 1 heterocycles. The zero-order valence-electron chi connectivity index (χ0n) is 16.2. The Bertz CT molecular complexity index is 1080. The minimum Gasteiger partial charge on any atom is -0.465 e. The van der Waals surface area contributed by atoms with Gasteiger partial charge in [0, 0.05) is 11.6 Å². The van der Waals surface area contributed by atoms with Crippen molar-refractivity contribution in [3.63, 3.8) is 0 Å². The third kappa shape index (κ3) is 4.47. The van der Waals surface area contributed by atoms with E-state index in [9.17, 15) is 29.8 Å². The highest BCUT2D eigenvalue weighted by Gasteiger charge is 2.43. The molecule has 31 heavy (non-hydrogen) atoms. The largest absolute Gasteiger partial charge is 0.465 e. The van der Waals surface area contributed by atoms with Crippen LogP contribution in [0.15, 0.2) is 47.6 Å². The number of benzene rings is 2. The van der Waals surface area contributed by atoms with Gasteiger partial charge in [0.05, 0.1) is 22.5 Å². The van der Waals surface area contributed by atoms with E-state index in [0.717, 1.165) is 22.6 Å². The van der Waals surface area contributed by atoms with Gasteiger partial charge in [-0.3, -0.25) is 34.7 Å². The summed E-state index contributed by atoms with van der Waals surface area (Å²) in [6.45, 7) is 0.961. The van der Waals surface area contributed by atoms with Crippen LogP contribution in [0.2, 0.25) is 0 Å². The number of anilines is 1. The summed E-state index contributed by atoms with van der Waals surface area (Å²) in [5.74, 6) is -1.68. The van der Waals surface area contributed by atoms with Crippen molar-refractivity contribution in [2.45, 2.75) is 13.5 Å². The van der Waals surface area contributed by atoms with E-state index in [2.05, 4.69) is 5.16 Å². The van der Waals surface area contributed by atoms with Crippen LogP contribution < -0.4 is 4.90 Å². The molecule has 2 aromatic carbocycles. The Morgan fingerprint density at radius 3 is 2.45 bits per heavy atom. The van der Waals surface area contributed by atoms with E-state index in [0.29, 0.717) is 0 Å². The third-order valence-electron chi connectivity index (χ3n) is 4.28. The molecule has 0 fully saturated rings. The van der Waals surface area contributed by atoms with Crippen LogP contribution in [0.1, 0.15) is 18.1 Å². The molecule has 0 spiro atoms. The molecule has 0 saturated carbocycles. The Morgan fingerprint density at radius 1 is 1.13 bits per heavy atom. The van der Waals surface area contributed by atoms with E-state index in [1.54, 1.807) is 37.3 Å². The van der Waals surface area contributed by atoms with E-state index in [4.69, 9.17) is 9.57 Å². The van der Waals surface area contributed by atoms with Crippen LogP contribution >= 0.6 is 0 Å². The van der Waals surface area contributed by atoms with Gasteiger partial charge in [0.15, 0.2) is 5.71 Å². The number of nitro groups is 2. The number of esters is 1. The smallest absolute Gasteiger partial charge is 0.326 e. The van der Waals surface area contributed by atoms with Crippen LogP contribution in [0.4, 0.5) is 17.1 Å². The van der Waals surface area contributed by atoms with Gasteiger partial charge in [0.2, 0.25) is 0 Å². The highest BCUT2D eigenvalue weighted by molar-refractivity contribution is 6.55. The van der Waals surface area contributed by atoms with Gasteiger partial charge in [-0.2, -0.15) is 0 Å². The summed E-state index contributed by atoms with van der Waals surface area (Å²) in [6, 6.07) is 10.6. The first kappa shape index (κ1) is 21.4. The number of amides is 1. The summed E-state index contributed by atoms with van der Waals surface area (Å²) in [5, 5.41) is 26.6. The number of hydrogen-bond donors (Lipinski definition) is 0. The molecule has 0 N–H and O–H groups in total. The molecule has 0 saturated heterocycles. The molecule has 0 radical (unpaired) electrons. The van der Waals surface area contributed by atoms with Gasteiger partial charge >= 0.3 is 11.7 Å². The summed E-state index contributed by atoms with van der Waals surface area (Å²) in [5.41, 5.74) is -1.42. The topological polar surface area (TPSA) is 154 Å². The maximum absolute atomic E-state index is 12.9. The van der Waals surface area contributed by atoms with Crippen LogP contribution in [0.25, 0.3) is 0 Å². The number of carbonyl (C=O) groups is 2. The molecule has 1 aliphatic heterocycles. The molecule has 0 aromatic heterocycles. The SMILES string of the molecule is CCOC(=O)CN1C(=O)/C(=N/OCc2ccccc2)c2cc([N+](=O)[O-])cc([N+](=O)[O-])c21. The Kier molecular flexibility index (Phi) is 6.19. The maximum Gasteiger partial charge on any atom is 0.326 e. The molecule has 0 aliphatic carbocycles. The molecular formula is C19H16N4O8. The summed E-state index contributed by atoms with van der Waals surface area (Å²) in [7, 11) is 0. The summed E-state index contributed by atoms with van der Waals surface area (Å²) >= 11 is 0. The average molecular weight is 428 g/mol. The normalized spacial score (nSPS) is 13.8. The quantitative estimate of drug-likeness (QED) is 0.352. The second-order valence-corrected chi connectivity index (χ2v) is 6.27. The number of nitrogens with zero attached hydrogens (tertiary/aromatic N) is 4. The van der Waals surface area contributed by atoms with E-state index in [1.807, 2.05) is 0 Å². The van der Waals surface area contributed by atoms with Gasteiger partial charge in [0.25, 0.3) is 11.6 Å². The fourth-order valence-electron chi connectivity index (χ4n) is 2.98. The van der Waals surface area contributed by atoms with E-state index >= 15 is 0 Å². The first-order chi connectivity index (χ1) is 14.8. The molecule has 1 amide bonds. The fraction of sp³-hybridized carbons (Fsp3) is 0.211. The number of hydrogen-bond acceptors (Lipinski definition) is 9. The Morgan fingerprint density at radius 2 is 1.84 bits per heavy atom. The average Bonchev–Trinajstić information content (AvgIpc) is 2.99. The van der Waals surface area contributed by atoms with E-state index in [1.165, 1.54) is 0 Å². The second-order valence-electron chi connectivity index (χ2n) is 6.27. The predicted octanol–water partition coefficient (Wildman–Crippen LogP) is 2.33. The molecule has 0 atom stereocenters. The molecule has 12 nitrogen and oxygen atoms in total. The summed E-state index contributed by atoms with van der Waals surface area (Å²) in [4.78, 5) is 52.0. The van der Waals surface area contributed by atoms with Gasteiger partial charge in [-0.05, 0) is 12.5 Å². The summed E-state index contributed by atoms with van der Waals surface area (Å²) in [6.07, 6.45) is 0. The van der Waals surface area contributed by atoms with Crippen molar-refractivity contribution >= 4 is 34.7 Å². The highest BCUT2D eigenvalue weighted by atomic mass is 16.6. The van der Waals surface area contributed by atoms with Gasteiger partial charge in [-0.15, -0.1) is 0 Å². The van der Waals surface area contributed by atoms with Crippen molar-refractivity contribution in [1.82, 2.24) is 0 Å². The monoisotopic (exact) mass is 428 g/mol. The van der Waals surface area contributed by atoms with E-state index < -0.39 is 39.6 Å².